The van der Waals surface area contributed by atoms with Gasteiger partial charge < -0.3 is 15.5 Å². The number of rotatable bonds is 3. The van der Waals surface area contributed by atoms with Gasteiger partial charge in [-0.3, -0.25) is 4.52 Å². The zero-order valence-corrected chi connectivity index (χ0v) is 8.31. The Morgan fingerprint density at radius 2 is 2.29 bits per heavy atom. The first-order chi connectivity index (χ1) is 6.38. The van der Waals surface area contributed by atoms with Gasteiger partial charge in [0.15, 0.2) is 0 Å². The van der Waals surface area contributed by atoms with E-state index in [9.17, 15) is 4.57 Å². The monoisotopic (exact) mass is 219 g/mol. The molecule has 1 aromatic heterocycles. The molecule has 14 heavy (non-hydrogen) atoms. The minimum atomic E-state index is -4.47. The highest BCUT2D eigenvalue weighted by molar-refractivity contribution is 7.46. The molecule has 0 unspecified atom stereocenters. The summed E-state index contributed by atoms with van der Waals surface area (Å²) in [6.07, 6.45) is 1.37. The normalized spacial score (nSPS) is 11.6. The van der Waals surface area contributed by atoms with E-state index >= 15 is 0 Å². The molecule has 1 heterocycles. The van der Waals surface area contributed by atoms with Crippen molar-refractivity contribution in [2.24, 2.45) is 0 Å². The SMILES string of the molecule is Cc1ncc(COP(=O)(O)O)c(N)n1. The number of nitrogens with zero attached hydrogens (tertiary/aromatic N) is 2. The Kier molecular flexibility index (Phi) is 3.17. The lowest BCUT2D eigenvalue weighted by molar-refractivity contribution is 0.189. The van der Waals surface area contributed by atoms with Gasteiger partial charge in [0, 0.05) is 11.8 Å². The largest absolute Gasteiger partial charge is 0.469 e. The van der Waals surface area contributed by atoms with Crippen LogP contribution in [0.15, 0.2) is 6.20 Å². The first-order valence-electron chi connectivity index (χ1n) is 3.66. The van der Waals surface area contributed by atoms with E-state index in [1.54, 1.807) is 6.92 Å². The van der Waals surface area contributed by atoms with Crippen molar-refractivity contribution in [3.63, 3.8) is 0 Å². The molecule has 0 aromatic carbocycles. The van der Waals surface area contributed by atoms with Crippen LogP contribution in [0.2, 0.25) is 0 Å². The van der Waals surface area contributed by atoms with Crippen molar-refractivity contribution < 1.29 is 18.9 Å². The van der Waals surface area contributed by atoms with E-state index in [-0.39, 0.29) is 12.4 Å². The highest BCUT2D eigenvalue weighted by Gasteiger charge is 2.15. The Morgan fingerprint density at radius 3 is 2.79 bits per heavy atom. The van der Waals surface area contributed by atoms with Gasteiger partial charge in [-0.15, -0.1) is 0 Å². The number of aryl methyl sites for hydroxylation is 1. The van der Waals surface area contributed by atoms with Crippen LogP contribution >= 0.6 is 7.82 Å². The van der Waals surface area contributed by atoms with Gasteiger partial charge in [0.25, 0.3) is 0 Å². The molecule has 4 N–H and O–H groups in total. The topological polar surface area (TPSA) is 119 Å². The molecule has 1 rings (SSSR count). The van der Waals surface area contributed by atoms with Crippen molar-refractivity contribution in [2.75, 3.05) is 5.73 Å². The Labute approximate surface area is 80.2 Å². The summed E-state index contributed by atoms with van der Waals surface area (Å²) in [7, 11) is -4.47. The first-order valence-corrected chi connectivity index (χ1v) is 5.19. The Morgan fingerprint density at radius 1 is 1.64 bits per heavy atom. The van der Waals surface area contributed by atoms with Crippen molar-refractivity contribution in [1.29, 1.82) is 0 Å². The zero-order chi connectivity index (χ0) is 10.8. The van der Waals surface area contributed by atoms with Gasteiger partial charge in [-0.25, -0.2) is 14.5 Å². The molecule has 0 bridgehead atoms. The number of hydrogen-bond acceptors (Lipinski definition) is 5. The number of phosphoric acid groups is 1. The van der Waals surface area contributed by atoms with Crippen molar-refractivity contribution >= 4 is 13.6 Å². The first kappa shape index (κ1) is 11.1. The Balaban J connectivity index is 2.73. The lowest BCUT2D eigenvalue weighted by Crippen LogP contribution is -2.02. The third-order valence-electron chi connectivity index (χ3n) is 1.41. The van der Waals surface area contributed by atoms with Crippen molar-refractivity contribution in [3.8, 4) is 0 Å². The number of nitrogen functional groups attached to an aromatic ring is 1. The second-order valence-electron chi connectivity index (χ2n) is 2.59. The van der Waals surface area contributed by atoms with E-state index in [0.29, 0.717) is 11.4 Å². The second kappa shape index (κ2) is 4.02. The third-order valence-corrected chi connectivity index (χ3v) is 1.87. The molecule has 0 aliphatic carbocycles. The van der Waals surface area contributed by atoms with Gasteiger partial charge in [0.1, 0.15) is 11.6 Å². The maximum atomic E-state index is 10.4. The Bertz CT molecular complexity index is 377. The number of hydrogen-bond donors (Lipinski definition) is 3. The van der Waals surface area contributed by atoms with Crippen LogP contribution in [-0.2, 0) is 15.7 Å². The van der Waals surface area contributed by atoms with E-state index in [1.807, 2.05) is 0 Å². The molecule has 0 saturated heterocycles. The summed E-state index contributed by atoms with van der Waals surface area (Å²) in [5, 5.41) is 0. The Hall–Kier alpha value is -1.01. The zero-order valence-electron chi connectivity index (χ0n) is 7.41. The van der Waals surface area contributed by atoms with E-state index < -0.39 is 7.82 Å². The molecular weight excluding hydrogens is 209 g/mol. The fraction of sp³-hybridized carbons (Fsp3) is 0.333. The van der Waals surface area contributed by atoms with Gasteiger partial charge in [-0.2, -0.15) is 0 Å². The summed E-state index contributed by atoms with van der Waals surface area (Å²) < 4.78 is 14.6. The number of nitrogens with two attached hydrogens (primary N) is 1. The number of phosphoric ester groups is 1. The minimum Gasteiger partial charge on any atom is -0.383 e. The quantitative estimate of drug-likeness (QED) is 0.611. The predicted molar refractivity (Wildman–Crippen MR) is 48.0 cm³/mol. The number of anilines is 1. The molecule has 0 atom stereocenters. The summed E-state index contributed by atoms with van der Waals surface area (Å²) in [6, 6.07) is 0. The van der Waals surface area contributed by atoms with Gasteiger partial charge in [-0.05, 0) is 6.92 Å². The van der Waals surface area contributed by atoms with Gasteiger partial charge >= 0.3 is 7.82 Å². The van der Waals surface area contributed by atoms with Crippen LogP contribution in [-0.4, -0.2) is 19.8 Å². The van der Waals surface area contributed by atoms with Crippen LogP contribution in [0.25, 0.3) is 0 Å². The number of aromatic nitrogens is 2. The molecule has 0 aliphatic heterocycles. The van der Waals surface area contributed by atoms with E-state index in [0.717, 1.165) is 0 Å². The highest BCUT2D eigenvalue weighted by Crippen LogP contribution is 2.37. The summed E-state index contributed by atoms with van der Waals surface area (Å²) in [5.74, 6) is 0.647. The van der Waals surface area contributed by atoms with Crippen molar-refractivity contribution in [3.05, 3.63) is 17.6 Å². The molecule has 0 amide bonds. The summed E-state index contributed by atoms with van der Waals surface area (Å²) in [4.78, 5) is 24.5. The molecule has 7 nitrogen and oxygen atoms in total. The average Bonchev–Trinajstić information content (AvgIpc) is 2.00. The van der Waals surface area contributed by atoms with Crippen LogP contribution in [0.4, 0.5) is 5.82 Å². The second-order valence-corrected chi connectivity index (χ2v) is 3.83. The highest BCUT2D eigenvalue weighted by atomic mass is 31.2. The van der Waals surface area contributed by atoms with Crippen LogP contribution in [0, 0.1) is 6.92 Å². The molecule has 0 radical (unpaired) electrons. The van der Waals surface area contributed by atoms with Crippen molar-refractivity contribution in [1.82, 2.24) is 9.97 Å². The van der Waals surface area contributed by atoms with Crippen LogP contribution in [0.5, 0.6) is 0 Å². The third kappa shape index (κ3) is 3.39. The molecule has 1 aromatic rings. The van der Waals surface area contributed by atoms with Gasteiger partial charge in [0.2, 0.25) is 0 Å². The standard InChI is InChI=1S/C6H10N3O4P/c1-4-8-2-5(6(7)9-4)3-13-14(10,11)12/h2H,3H2,1H3,(H2,7,8,9)(H2,10,11,12). The van der Waals surface area contributed by atoms with Crippen LogP contribution < -0.4 is 5.73 Å². The predicted octanol–water partition coefficient (Wildman–Crippen LogP) is -0.0235. The average molecular weight is 219 g/mol. The van der Waals surface area contributed by atoms with E-state index in [1.165, 1.54) is 6.20 Å². The smallest absolute Gasteiger partial charge is 0.383 e. The van der Waals surface area contributed by atoms with Gasteiger partial charge in [0.05, 0.1) is 6.61 Å². The maximum Gasteiger partial charge on any atom is 0.469 e. The molecular formula is C6H10N3O4P. The molecule has 0 aliphatic rings. The summed E-state index contributed by atoms with van der Waals surface area (Å²) >= 11 is 0. The minimum absolute atomic E-state index is 0.158. The maximum absolute atomic E-state index is 10.4. The summed E-state index contributed by atoms with van der Waals surface area (Å²) in [6.45, 7) is 1.35. The molecule has 0 saturated carbocycles. The van der Waals surface area contributed by atoms with Crippen LogP contribution in [0.1, 0.15) is 11.4 Å². The van der Waals surface area contributed by atoms with E-state index in [4.69, 9.17) is 15.5 Å². The summed E-state index contributed by atoms with van der Waals surface area (Å²) in [5.41, 5.74) is 5.81. The molecule has 0 spiro atoms. The fourth-order valence-electron chi connectivity index (χ4n) is 0.777. The molecule has 8 heteroatoms. The lowest BCUT2D eigenvalue weighted by Gasteiger charge is -2.06. The van der Waals surface area contributed by atoms with Crippen molar-refractivity contribution in [2.45, 2.75) is 13.5 Å². The molecule has 78 valence electrons. The fourth-order valence-corrected chi connectivity index (χ4v) is 1.08. The lowest BCUT2D eigenvalue weighted by atomic mass is 10.3. The van der Waals surface area contributed by atoms with E-state index in [2.05, 4.69) is 14.5 Å². The van der Waals surface area contributed by atoms with Gasteiger partial charge in [-0.1, -0.05) is 0 Å². The molecule has 0 fully saturated rings. The van der Waals surface area contributed by atoms with Crippen LogP contribution in [0.3, 0.4) is 0 Å².